The molecule has 0 bridgehead atoms. The van der Waals surface area contributed by atoms with E-state index in [1.165, 1.54) is 0 Å². The highest BCUT2D eigenvalue weighted by molar-refractivity contribution is 6.16. The van der Waals surface area contributed by atoms with Crippen molar-refractivity contribution in [1.29, 1.82) is 0 Å². The van der Waals surface area contributed by atoms with Crippen molar-refractivity contribution in [2.24, 2.45) is 17.2 Å². The van der Waals surface area contributed by atoms with Gasteiger partial charge in [-0.3, -0.25) is 14.2 Å². The average molecular weight is 530 g/mol. The van der Waals surface area contributed by atoms with E-state index in [1.54, 1.807) is 0 Å². The third-order valence-electron chi connectivity index (χ3n) is 7.59. The Morgan fingerprint density at radius 3 is 2.55 bits per heavy atom. The molecule has 2 aromatic carbocycles. The molecule has 3 heterocycles. The summed E-state index contributed by atoms with van der Waals surface area (Å²) in [5, 5.41) is 17.0. The van der Waals surface area contributed by atoms with Crippen molar-refractivity contribution < 1.29 is 0 Å². The van der Waals surface area contributed by atoms with Crippen molar-refractivity contribution in [2.75, 3.05) is 6.54 Å². The minimum absolute atomic E-state index is 0.330. The van der Waals surface area contributed by atoms with Crippen molar-refractivity contribution >= 4 is 5.71 Å². The first-order valence-corrected chi connectivity index (χ1v) is 13.8. The number of aromatic nitrogens is 5. The molecule has 0 radical (unpaired) electrons. The van der Waals surface area contributed by atoms with Crippen LogP contribution >= 0.6 is 0 Å². The fourth-order valence-electron chi connectivity index (χ4n) is 5.29. The summed E-state index contributed by atoms with van der Waals surface area (Å²) in [6.07, 6.45) is 10.9. The first-order valence-electron chi connectivity index (χ1n) is 13.8. The number of azide groups is 1. The Hall–Kier alpha value is -4.67. The summed E-state index contributed by atoms with van der Waals surface area (Å²) >= 11 is 0. The molecule has 0 atom stereocenters. The molecule has 200 valence electrons. The normalized spacial score (nSPS) is 14.3. The van der Waals surface area contributed by atoms with Gasteiger partial charge in [0.2, 0.25) is 0 Å². The molecular weight excluding hydrogens is 498 g/mol. The van der Waals surface area contributed by atoms with Crippen molar-refractivity contribution in [3.8, 4) is 28.7 Å². The highest BCUT2D eigenvalue weighted by Gasteiger charge is 2.51. The van der Waals surface area contributed by atoms with Gasteiger partial charge < -0.3 is 0 Å². The number of rotatable bonds is 8. The summed E-state index contributed by atoms with van der Waals surface area (Å²) in [4.78, 5) is 8.18. The zero-order chi connectivity index (χ0) is 27.5. The van der Waals surface area contributed by atoms with Gasteiger partial charge in [0.15, 0.2) is 5.82 Å². The van der Waals surface area contributed by atoms with Crippen molar-refractivity contribution in [3.63, 3.8) is 0 Å². The molecule has 2 aromatic heterocycles. The van der Waals surface area contributed by atoms with Crippen LogP contribution < -0.4 is 0 Å². The molecule has 9 nitrogen and oxygen atoms in total. The molecule has 40 heavy (non-hydrogen) atoms. The predicted octanol–water partition coefficient (Wildman–Crippen LogP) is 6.43. The van der Waals surface area contributed by atoms with E-state index in [4.69, 9.17) is 10.5 Å². The number of hydrogen-bond donors (Lipinski definition) is 0. The molecule has 0 N–H and O–H groups in total. The maximum Gasteiger partial charge on any atom is 0.165 e. The molecule has 1 spiro atoms. The molecule has 1 aliphatic carbocycles. The molecule has 0 amide bonds. The fraction of sp³-hybridized carbons (Fsp3) is 0.355. The molecule has 4 aromatic rings. The molecular formula is C31H31N9. The van der Waals surface area contributed by atoms with E-state index in [0.717, 1.165) is 95.8 Å². The SMILES string of the molecule is Cc1nnc2n1-c1ccc(-c3cnn(C)c3)cc1C(c1ccc(C#CCCCCCCN=[N+]=[N-])cc1)=NC21CC1. The van der Waals surface area contributed by atoms with E-state index in [9.17, 15) is 0 Å². The van der Waals surface area contributed by atoms with Gasteiger partial charge in [-0.2, -0.15) is 5.10 Å². The molecule has 1 saturated carbocycles. The van der Waals surface area contributed by atoms with E-state index >= 15 is 0 Å². The van der Waals surface area contributed by atoms with Gasteiger partial charge in [0.1, 0.15) is 11.4 Å². The quantitative estimate of drug-likeness (QED) is 0.0862. The van der Waals surface area contributed by atoms with Gasteiger partial charge in [0.25, 0.3) is 0 Å². The number of nitrogens with zero attached hydrogens (tertiary/aromatic N) is 9. The van der Waals surface area contributed by atoms with Crippen LogP contribution in [0.3, 0.4) is 0 Å². The minimum atomic E-state index is -0.330. The van der Waals surface area contributed by atoms with Crippen LogP contribution in [0.5, 0.6) is 0 Å². The summed E-state index contributed by atoms with van der Waals surface area (Å²) < 4.78 is 4.01. The van der Waals surface area contributed by atoms with Crippen LogP contribution in [0.25, 0.3) is 27.3 Å². The largest absolute Gasteiger partial charge is 0.280 e. The predicted molar refractivity (Wildman–Crippen MR) is 155 cm³/mol. The maximum absolute atomic E-state index is 8.34. The number of unbranched alkanes of at least 4 members (excludes halogenated alkanes) is 4. The first-order chi connectivity index (χ1) is 19.6. The second-order valence-corrected chi connectivity index (χ2v) is 10.5. The van der Waals surface area contributed by atoms with E-state index in [1.807, 2.05) is 31.0 Å². The zero-order valence-electron chi connectivity index (χ0n) is 22.9. The van der Waals surface area contributed by atoms with Crippen molar-refractivity contribution in [2.45, 2.75) is 57.4 Å². The lowest BCUT2D eigenvalue weighted by Crippen LogP contribution is -2.11. The number of fused-ring (bicyclic) bond motifs is 4. The van der Waals surface area contributed by atoms with Crippen LogP contribution in [0.2, 0.25) is 0 Å². The topological polar surface area (TPSA) is 110 Å². The van der Waals surface area contributed by atoms with Crippen molar-refractivity contribution in [1.82, 2.24) is 24.5 Å². The Balaban J connectivity index is 1.29. The van der Waals surface area contributed by atoms with Gasteiger partial charge in [-0.25, -0.2) is 0 Å². The maximum atomic E-state index is 8.34. The Morgan fingerprint density at radius 1 is 1.00 bits per heavy atom. The summed E-state index contributed by atoms with van der Waals surface area (Å²) in [6.45, 7) is 2.59. The van der Waals surface area contributed by atoms with E-state index in [-0.39, 0.29) is 5.54 Å². The fourth-order valence-corrected chi connectivity index (χ4v) is 5.29. The lowest BCUT2D eigenvalue weighted by molar-refractivity contribution is 0.656. The van der Waals surface area contributed by atoms with Gasteiger partial charge in [-0.05, 0) is 68.0 Å². The van der Waals surface area contributed by atoms with Gasteiger partial charge >= 0.3 is 0 Å². The highest BCUT2D eigenvalue weighted by atomic mass is 15.3. The number of aliphatic imine (C=N–C) groups is 1. The second kappa shape index (κ2) is 10.8. The number of aryl methyl sites for hydroxylation is 2. The van der Waals surface area contributed by atoms with Crippen molar-refractivity contribution in [3.05, 3.63) is 93.6 Å². The van der Waals surface area contributed by atoms with Crippen LogP contribution in [0.4, 0.5) is 0 Å². The Labute approximate surface area is 233 Å². The molecule has 9 heteroatoms. The molecule has 2 aliphatic rings. The third kappa shape index (κ3) is 5.02. The Morgan fingerprint density at radius 2 is 1.80 bits per heavy atom. The lowest BCUT2D eigenvalue weighted by Gasteiger charge is -2.14. The first kappa shape index (κ1) is 25.6. The number of hydrogen-bond acceptors (Lipinski definition) is 5. The summed E-state index contributed by atoms with van der Waals surface area (Å²) in [6, 6.07) is 15.0. The van der Waals surface area contributed by atoms with Crippen LogP contribution in [0.15, 0.2) is 65.0 Å². The lowest BCUT2D eigenvalue weighted by atomic mass is 9.96. The van der Waals surface area contributed by atoms with Crippen LogP contribution in [-0.2, 0) is 12.6 Å². The van der Waals surface area contributed by atoms with E-state index in [2.05, 4.69) is 84.2 Å². The van der Waals surface area contributed by atoms with Crippen LogP contribution in [0, 0.1) is 18.8 Å². The molecule has 1 fully saturated rings. The van der Waals surface area contributed by atoms with Gasteiger partial charge in [0, 0.05) is 53.4 Å². The molecule has 6 rings (SSSR count). The van der Waals surface area contributed by atoms with Crippen LogP contribution in [0.1, 0.15) is 73.3 Å². The van der Waals surface area contributed by atoms with Gasteiger partial charge in [0.05, 0.1) is 17.6 Å². The third-order valence-corrected chi connectivity index (χ3v) is 7.59. The van der Waals surface area contributed by atoms with E-state index in [0.29, 0.717) is 6.54 Å². The molecule has 1 aliphatic heterocycles. The Bertz CT molecular complexity index is 1680. The second-order valence-electron chi connectivity index (χ2n) is 10.5. The van der Waals surface area contributed by atoms with Gasteiger partial charge in [-0.1, -0.05) is 48.0 Å². The molecule has 0 saturated heterocycles. The summed E-state index contributed by atoms with van der Waals surface area (Å²) in [5.41, 5.74) is 15.3. The van der Waals surface area contributed by atoms with Crippen LogP contribution in [-0.4, -0.2) is 36.8 Å². The summed E-state index contributed by atoms with van der Waals surface area (Å²) in [5.74, 6) is 8.41. The zero-order valence-corrected chi connectivity index (χ0v) is 22.9. The minimum Gasteiger partial charge on any atom is -0.280 e. The smallest absolute Gasteiger partial charge is 0.165 e. The van der Waals surface area contributed by atoms with Gasteiger partial charge in [-0.15, -0.1) is 10.2 Å². The standard InChI is InChI=1S/C31H31N9/c1-22-36-37-30-31(16-17-31)35-29(27-19-25(14-15-28(27)40(22)30)26-20-34-39(2)21-26)24-12-10-23(11-13-24)9-7-5-3-4-6-8-18-33-38-32/h10-15,19-21H,3-6,8,16-18H2,1-2H3. The number of benzene rings is 2. The summed E-state index contributed by atoms with van der Waals surface area (Å²) in [7, 11) is 1.93. The highest BCUT2D eigenvalue weighted by Crippen LogP contribution is 2.51. The van der Waals surface area contributed by atoms with E-state index < -0.39 is 0 Å². The monoisotopic (exact) mass is 529 g/mol. The average Bonchev–Trinajstić information content (AvgIpc) is 3.49. The molecule has 0 unspecified atom stereocenters. The Kier molecular flexibility index (Phi) is 6.93.